The van der Waals surface area contributed by atoms with Crippen LogP contribution in [0.5, 0.6) is 0 Å². The normalized spacial score (nSPS) is 11.8. The lowest BCUT2D eigenvalue weighted by atomic mass is 10.2. The number of halogens is 1. The van der Waals surface area contributed by atoms with E-state index < -0.39 is 0 Å². The van der Waals surface area contributed by atoms with Gasteiger partial charge in [-0.15, -0.1) is 0 Å². The van der Waals surface area contributed by atoms with Crippen LogP contribution in [0, 0.1) is 10.5 Å². The summed E-state index contributed by atoms with van der Waals surface area (Å²) in [6.07, 6.45) is 1.60. The molecule has 5 heteroatoms. The van der Waals surface area contributed by atoms with Crippen molar-refractivity contribution >= 4 is 22.6 Å². The van der Waals surface area contributed by atoms with Gasteiger partial charge in [0.05, 0.1) is 22.3 Å². The zero-order chi connectivity index (χ0) is 12.3. The van der Waals surface area contributed by atoms with Crippen LogP contribution in [-0.2, 0) is 11.3 Å². The van der Waals surface area contributed by atoms with Crippen LogP contribution in [0.4, 0.5) is 0 Å². The number of aromatic nitrogens is 2. The molecular formula is C11H17IN2O2. The highest BCUT2D eigenvalue weighted by molar-refractivity contribution is 14.1. The molecule has 0 radical (unpaired) electrons. The van der Waals surface area contributed by atoms with Gasteiger partial charge in [-0.25, -0.2) is 4.98 Å². The number of rotatable bonds is 3. The summed E-state index contributed by atoms with van der Waals surface area (Å²) in [5.41, 5.74) is -0.169. The third-order valence-corrected chi connectivity index (χ3v) is 2.79. The Morgan fingerprint density at radius 2 is 2.12 bits per heavy atom. The predicted octanol–water partition coefficient (Wildman–Crippen LogP) is 1.97. The summed E-state index contributed by atoms with van der Waals surface area (Å²) >= 11 is 2.00. The van der Waals surface area contributed by atoms with Crippen LogP contribution in [-0.4, -0.2) is 21.8 Å². The van der Waals surface area contributed by atoms with Crippen molar-refractivity contribution in [3.63, 3.8) is 0 Å². The fourth-order valence-electron chi connectivity index (χ4n) is 1.26. The van der Waals surface area contributed by atoms with Crippen LogP contribution in [0.3, 0.4) is 0 Å². The molecule has 0 spiro atoms. The second-order valence-electron chi connectivity index (χ2n) is 4.57. The van der Waals surface area contributed by atoms with Gasteiger partial charge < -0.3 is 4.74 Å². The van der Waals surface area contributed by atoms with Crippen molar-refractivity contribution in [1.82, 2.24) is 9.55 Å². The molecular weight excluding hydrogens is 319 g/mol. The van der Waals surface area contributed by atoms with Gasteiger partial charge in [0.25, 0.3) is 5.56 Å². The fraction of sp³-hybridized carbons (Fsp3) is 0.636. The van der Waals surface area contributed by atoms with Crippen molar-refractivity contribution in [1.29, 1.82) is 0 Å². The summed E-state index contributed by atoms with van der Waals surface area (Å²) in [7, 11) is 0. The maximum Gasteiger partial charge on any atom is 0.267 e. The van der Waals surface area contributed by atoms with Crippen LogP contribution < -0.4 is 5.56 Å². The van der Waals surface area contributed by atoms with E-state index in [-0.39, 0.29) is 11.2 Å². The summed E-state index contributed by atoms with van der Waals surface area (Å²) < 4.78 is 7.88. The SMILES string of the molecule is Cc1ncc(I)c(=O)n1CCOC(C)(C)C. The monoisotopic (exact) mass is 336 g/mol. The van der Waals surface area contributed by atoms with Gasteiger partial charge in [-0.1, -0.05) is 0 Å². The van der Waals surface area contributed by atoms with Gasteiger partial charge in [-0.3, -0.25) is 9.36 Å². The number of hydrogen-bond donors (Lipinski definition) is 0. The summed E-state index contributed by atoms with van der Waals surface area (Å²) in [5, 5.41) is 0. The standard InChI is InChI=1S/C11H17IN2O2/c1-8-13-7-9(12)10(15)14(8)5-6-16-11(2,3)4/h7H,5-6H2,1-4H3. The molecule has 0 bridgehead atoms. The van der Waals surface area contributed by atoms with Gasteiger partial charge >= 0.3 is 0 Å². The molecule has 0 saturated carbocycles. The minimum absolute atomic E-state index is 0.00519. The number of ether oxygens (including phenoxy) is 1. The lowest BCUT2D eigenvalue weighted by Gasteiger charge is -2.20. The summed E-state index contributed by atoms with van der Waals surface area (Å²) in [5.74, 6) is 0.725. The lowest BCUT2D eigenvalue weighted by molar-refractivity contribution is -0.00744. The van der Waals surface area contributed by atoms with E-state index in [9.17, 15) is 4.79 Å². The van der Waals surface area contributed by atoms with Crippen LogP contribution >= 0.6 is 22.6 Å². The van der Waals surface area contributed by atoms with Crippen molar-refractivity contribution < 1.29 is 4.74 Å². The van der Waals surface area contributed by atoms with E-state index in [1.807, 2.05) is 50.3 Å². The molecule has 0 aromatic carbocycles. The van der Waals surface area contributed by atoms with E-state index in [0.29, 0.717) is 16.7 Å². The highest BCUT2D eigenvalue weighted by atomic mass is 127. The van der Waals surface area contributed by atoms with Gasteiger partial charge in [-0.05, 0) is 50.3 Å². The first-order chi connectivity index (χ1) is 7.31. The molecule has 0 fully saturated rings. The predicted molar refractivity (Wildman–Crippen MR) is 71.7 cm³/mol. The van der Waals surface area contributed by atoms with Crippen LogP contribution in [0.2, 0.25) is 0 Å². The van der Waals surface area contributed by atoms with Gasteiger partial charge in [0.15, 0.2) is 0 Å². The van der Waals surface area contributed by atoms with Gasteiger partial charge in [0, 0.05) is 6.20 Å². The molecule has 0 aliphatic heterocycles. The first-order valence-electron chi connectivity index (χ1n) is 5.17. The van der Waals surface area contributed by atoms with E-state index in [1.54, 1.807) is 10.8 Å². The van der Waals surface area contributed by atoms with Crippen molar-refractivity contribution in [2.24, 2.45) is 0 Å². The maximum absolute atomic E-state index is 11.8. The van der Waals surface area contributed by atoms with E-state index in [2.05, 4.69) is 4.98 Å². The molecule has 0 N–H and O–H groups in total. The number of hydrogen-bond acceptors (Lipinski definition) is 3. The first kappa shape index (κ1) is 13.6. The number of aryl methyl sites for hydroxylation is 1. The Hall–Kier alpha value is -0.430. The molecule has 0 aliphatic carbocycles. The zero-order valence-electron chi connectivity index (χ0n) is 10.1. The maximum atomic E-state index is 11.8. The van der Waals surface area contributed by atoms with Gasteiger partial charge in [0.1, 0.15) is 5.82 Å². The fourth-order valence-corrected chi connectivity index (χ4v) is 1.69. The third kappa shape index (κ3) is 3.86. The Morgan fingerprint density at radius 1 is 1.50 bits per heavy atom. The minimum atomic E-state index is -0.174. The largest absolute Gasteiger partial charge is 0.374 e. The molecule has 1 rings (SSSR count). The second kappa shape index (κ2) is 5.27. The lowest BCUT2D eigenvalue weighted by Crippen LogP contribution is -2.29. The molecule has 1 aromatic heterocycles. The van der Waals surface area contributed by atoms with Crippen LogP contribution in [0.25, 0.3) is 0 Å². The molecule has 90 valence electrons. The highest BCUT2D eigenvalue weighted by Gasteiger charge is 2.11. The molecule has 0 aliphatic rings. The van der Waals surface area contributed by atoms with E-state index in [4.69, 9.17) is 4.74 Å². The van der Waals surface area contributed by atoms with Crippen molar-refractivity contribution in [3.05, 3.63) is 25.9 Å². The van der Waals surface area contributed by atoms with Gasteiger partial charge in [0.2, 0.25) is 0 Å². The van der Waals surface area contributed by atoms with E-state index >= 15 is 0 Å². The Labute approximate surface area is 109 Å². The highest BCUT2D eigenvalue weighted by Crippen LogP contribution is 2.06. The van der Waals surface area contributed by atoms with Crippen molar-refractivity contribution in [3.8, 4) is 0 Å². The Morgan fingerprint density at radius 3 is 2.69 bits per heavy atom. The quantitative estimate of drug-likeness (QED) is 0.793. The molecule has 0 saturated heterocycles. The first-order valence-corrected chi connectivity index (χ1v) is 6.25. The second-order valence-corrected chi connectivity index (χ2v) is 5.73. The Bertz CT molecular complexity index is 421. The van der Waals surface area contributed by atoms with Gasteiger partial charge in [-0.2, -0.15) is 0 Å². The summed E-state index contributed by atoms with van der Waals surface area (Å²) in [4.78, 5) is 16.0. The molecule has 1 heterocycles. The topological polar surface area (TPSA) is 44.1 Å². The Balaban J connectivity index is 2.75. The minimum Gasteiger partial charge on any atom is -0.374 e. The molecule has 0 atom stereocenters. The summed E-state index contributed by atoms with van der Waals surface area (Å²) in [6, 6.07) is 0. The average Bonchev–Trinajstić information content (AvgIpc) is 2.16. The van der Waals surface area contributed by atoms with Crippen molar-refractivity contribution in [2.75, 3.05) is 6.61 Å². The smallest absolute Gasteiger partial charge is 0.267 e. The summed E-state index contributed by atoms with van der Waals surface area (Å²) in [6.45, 7) is 8.88. The van der Waals surface area contributed by atoms with Crippen LogP contribution in [0.1, 0.15) is 26.6 Å². The molecule has 0 unspecified atom stereocenters. The molecule has 1 aromatic rings. The molecule has 0 amide bonds. The van der Waals surface area contributed by atoms with E-state index in [1.165, 1.54) is 0 Å². The Kier molecular flexibility index (Phi) is 4.49. The van der Waals surface area contributed by atoms with Crippen molar-refractivity contribution in [2.45, 2.75) is 39.8 Å². The van der Waals surface area contributed by atoms with Crippen LogP contribution in [0.15, 0.2) is 11.0 Å². The zero-order valence-corrected chi connectivity index (χ0v) is 12.2. The third-order valence-electron chi connectivity index (χ3n) is 2.05. The average molecular weight is 336 g/mol. The molecule has 16 heavy (non-hydrogen) atoms. The number of nitrogens with zero attached hydrogens (tertiary/aromatic N) is 2. The molecule has 4 nitrogen and oxygen atoms in total. The van der Waals surface area contributed by atoms with E-state index in [0.717, 1.165) is 5.82 Å².